The fourth-order valence-electron chi connectivity index (χ4n) is 3.00. The van der Waals surface area contributed by atoms with Crippen molar-refractivity contribution in [2.24, 2.45) is 7.05 Å². The maximum absolute atomic E-state index is 13.5. The van der Waals surface area contributed by atoms with Crippen LogP contribution in [-0.2, 0) is 7.05 Å². The smallest absolute Gasteiger partial charge is 0.264 e. The third kappa shape index (κ3) is 2.41. The number of fused-ring (bicyclic) bond motifs is 1. The van der Waals surface area contributed by atoms with E-state index in [9.17, 15) is 8.78 Å². The number of rotatable bonds is 2. The van der Waals surface area contributed by atoms with E-state index in [4.69, 9.17) is 0 Å². The summed E-state index contributed by atoms with van der Waals surface area (Å²) < 4.78 is 28.6. The van der Waals surface area contributed by atoms with E-state index >= 15 is 0 Å². The Bertz CT molecular complexity index is 664. The Morgan fingerprint density at radius 2 is 2.05 bits per heavy atom. The maximum atomic E-state index is 13.5. The summed E-state index contributed by atoms with van der Waals surface area (Å²) >= 11 is 0. The normalized spacial score (nSPS) is 18.2. The maximum Gasteiger partial charge on any atom is 0.264 e. The molecular formula is C16H19F2N3. The molecular weight excluding hydrogens is 272 g/mol. The van der Waals surface area contributed by atoms with Crippen molar-refractivity contribution in [2.45, 2.75) is 25.7 Å². The molecule has 0 saturated carbocycles. The molecule has 2 heterocycles. The quantitative estimate of drug-likeness (QED) is 0.835. The van der Waals surface area contributed by atoms with Crippen LogP contribution in [0, 0.1) is 0 Å². The number of benzene rings is 1. The van der Waals surface area contributed by atoms with Gasteiger partial charge in [-0.1, -0.05) is 6.92 Å². The van der Waals surface area contributed by atoms with Crippen LogP contribution in [0.15, 0.2) is 24.5 Å². The van der Waals surface area contributed by atoms with Gasteiger partial charge in [0, 0.05) is 43.7 Å². The summed E-state index contributed by atoms with van der Waals surface area (Å²) in [5.74, 6) is 0.387. The highest BCUT2D eigenvalue weighted by molar-refractivity contribution is 5.73. The average molecular weight is 291 g/mol. The number of aryl methyl sites for hydroxylation is 1. The van der Waals surface area contributed by atoms with Gasteiger partial charge in [0.1, 0.15) is 0 Å². The Hall–Kier alpha value is -1.91. The zero-order chi connectivity index (χ0) is 15.1. The average Bonchev–Trinajstić information content (AvgIpc) is 2.88. The molecule has 0 saturated heterocycles. The number of aromatic nitrogens is 2. The van der Waals surface area contributed by atoms with Gasteiger partial charge in [-0.3, -0.25) is 4.68 Å². The number of hydrogen-bond acceptors (Lipinski definition) is 2. The third-order valence-electron chi connectivity index (χ3n) is 4.29. The van der Waals surface area contributed by atoms with E-state index in [1.54, 1.807) is 30.2 Å². The van der Waals surface area contributed by atoms with Gasteiger partial charge in [0.05, 0.1) is 6.20 Å². The SMILES string of the molecule is CC1CCN(C)c2cc(C(F)F)c(-c3cnn(C)c3)cc21. The van der Waals surface area contributed by atoms with Gasteiger partial charge in [-0.05, 0) is 35.6 Å². The predicted octanol–water partition coefficient (Wildman–Crippen LogP) is 3.97. The van der Waals surface area contributed by atoms with Gasteiger partial charge in [-0.25, -0.2) is 8.78 Å². The first kappa shape index (κ1) is 14.0. The first-order valence-corrected chi connectivity index (χ1v) is 7.13. The van der Waals surface area contributed by atoms with Crippen LogP contribution in [0.25, 0.3) is 11.1 Å². The number of halogens is 2. The van der Waals surface area contributed by atoms with Gasteiger partial charge in [0.15, 0.2) is 0 Å². The van der Waals surface area contributed by atoms with Crippen LogP contribution in [-0.4, -0.2) is 23.4 Å². The van der Waals surface area contributed by atoms with E-state index in [0.717, 1.165) is 29.8 Å². The zero-order valence-corrected chi connectivity index (χ0v) is 12.5. The van der Waals surface area contributed by atoms with Crippen molar-refractivity contribution in [1.29, 1.82) is 0 Å². The molecule has 0 spiro atoms. The summed E-state index contributed by atoms with van der Waals surface area (Å²) in [7, 11) is 3.75. The molecule has 1 atom stereocenters. The molecule has 21 heavy (non-hydrogen) atoms. The molecule has 0 N–H and O–H groups in total. The third-order valence-corrected chi connectivity index (χ3v) is 4.29. The Labute approximate surface area is 123 Å². The number of hydrogen-bond donors (Lipinski definition) is 0. The van der Waals surface area contributed by atoms with Crippen LogP contribution in [0.4, 0.5) is 14.5 Å². The minimum absolute atomic E-state index is 0.0858. The van der Waals surface area contributed by atoms with E-state index in [2.05, 4.69) is 16.9 Å². The van der Waals surface area contributed by atoms with Crippen LogP contribution in [0.1, 0.15) is 36.8 Å². The molecule has 0 aliphatic carbocycles. The van der Waals surface area contributed by atoms with Crippen molar-refractivity contribution in [2.75, 3.05) is 18.5 Å². The molecule has 1 unspecified atom stereocenters. The van der Waals surface area contributed by atoms with Crippen molar-refractivity contribution in [3.05, 3.63) is 35.7 Å². The lowest BCUT2D eigenvalue weighted by atomic mass is 9.87. The van der Waals surface area contributed by atoms with Crippen LogP contribution >= 0.6 is 0 Å². The lowest BCUT2D eigenvalue weighted by molar-refractivity contribution is 0.152. The monoisotopic (exact) mass is 291 g/mol. The second kappa shape index (κ2) is 5.13. The van der Waals surface area contributed by atoms with Crippen LogP contribution in [0.3, 0.4) is 0 Å². The highest BCUT2D eigenvalue weighted by Crippen LogP contribution is 2.41. The fraction of sp³-hybridized carbons (Fsp3) is 0.438. The summed E-state index contributed by atoms with van der Waals surface area (Å²) in [6, 6.07) is 3.58. The molecule has 3 rings (SSSR count). The highest BCUT2D eigenvalue weighted by atomic mass is 19.3. The molecule has 1 aliphatic rings. The van der Waals surface area contributed by atoms with Crippen LogP contribution in [0.2, 0.25) is 0 Å². The number of nitrogens with zero attached hydrogens (tertiary/aromatic N) is 3. The van der Waals surface area contributed by atoms with Crippen LogP contribution < -0.4 is 4.90 Å². The van der Waals surface area contributed by atoms with Crippen molar-refractivity contribution < 1.29 is 8.78 Å². The van der Waals surface area contributed by atoms with E-state index < -0.39 is 6.43 Å². The minimum Gasteiger partial charge on any atom is -0.374 e. The van der Waals surface area contributed by atoms with Gasteiger partial charge in [0.2, 0.25) is 0 Å². The molecule has 1 aromatic carbocycles. The molecule has 1 aliphatic heterocycles. The second-order valence-corrected chi connectivity index (χ2v) is 5.81. The first-order chi connectivity index (χ1) is 9.97. The van der Waals surface area contributed by atoms with Gasteiger partial charge in [0.25, 0.3) is 6.43 Å². The minimum atomic E-state index is -2.49. The molecule has 0 bridgehead atoms. The number of alkyl halides is 2. The van der Waals surface area contributed by atoms with E-state index in [0.29, 0.717) is 11.5 Å². The van der Waals surface area contributed by atoms with Crippen molar-refractivity contribution in [1.82, 2.24) is 9.78 Å². The molecule has 0 radical (unpaired) electrons. The van der Waals surface area contributed by atoms with Crippen molar-refractivity contribution in [3.63, 3.8) is 0 Å². The summed E-state index contributed by atoms with van der Waals surface area (Å²) in [5.41, 5.74) is 3.50. The zero-order valence-electron chi connectivity index (χ0n) is 12.5. The second-order valence-electron chi connectivity index (χ2n) is 5.81. The Morgan fingerprint density at radius 3 is 2.67 bits per heavy atom. The molecule has 3 nitrogen and oxygen atoms in total. The van der Waals surface area contributed by atoms with E-state index in [1.165, 1.54) is 0 Å². The van der Waals surface area contributed by atoms with Gasteiger partial charge < -0.3 is 4.90 Å². The Kier molecular flexibility index (Phi) is 3.43. The van der Waals surface area contributed by atoms with Gasteiger partial charge in [-0.2, -0.15) is 5.10 Å². The highest BCUT2D eigenvalue weighted by Gasteiger charge is 2.25. The predicted molar refractivity (Wildman–Crippen MR) is 79.9 cm³/mol. The van der Waals surface area contributed by atoms with E-state index in [-0.39, 0.29) is 5.56 Å². The first-order valence-electron chi connectivity index (χ1n) is 7.13. The van der Waals surface area contributed by atoms with Crippen molar-refractivity contribution >= 4 is 5.69 Å². The summed E-state index contributed by atoms with van der Waals surface area (Å²) in [5, 5.41) is 4.10. The molecule has 112 valence electrons. The lowest BCUT2D eigenvalue weighted by Gasteiger charge is -2.32. The topological polar surface area (TPSA) is 21.1 Å². The van der Waals surface area contributed by atoms with Crippen LogP contribution in [0.5, 0.6) is 0 Å². The van der Waals surface area contributed by atoms with Gasteiger partial charge in [-0.15, -0.1) is 0 Å². The van der Waals surface area contributed by atoms with Crippen molar-refractivity contribution in [3.8, 4) is 11.1 Å². The van der Waals surface area contributed by atoms with Gasteiger partial charge >= 0.3 is 0 Å². The fourth-order valence-corrected chi connectivity index (χ4v) is 3.00. The summed E-state index contributed by atoms with van der Waals surface area (Å²) in [6.07, 6.45) is 1.98. The lowest BCUT2D eigenvalue weighted by Crippen LogP contribution is -2.26. The molecule has 5 heteroatoms. The molecule has 1 aromatic heterocycles. The Balaban J connectivity index is 2.21. The largest absolute Gasteiger partial charge is 0.374 e. The standard InChI is InChI=1S/C16H19F2N3/c1-10-4-5-20(2)15-7-14(16(17)18)13(6-12(10)15)11-8-19-21(3)9-11/h6-10,16H,4-5H2,1-3H3. The molecule has 2 aromatic rings. The molecule has 0 fully saturated rings. The number of anilines is 1. The molecule has 0 amide bonds. The van der Waals surface area contributed by atoms with E-state index in [1.807, 2.05) is 13.1 Å². The Morgan fingerprint density at radius 1 is 1.29 bits per heavy atom. The summed E-state index contributed by atoms with van der Waals surface area (Å²) in [4.78, 5) is 2.06. The summed E-state index contributed by atoms with van der Waals surface area (Å²) in [6.45, 7) is 3.06.